The molecule has 1 unspecified atom stereocenters. The summed E-state index contributed by atoms with van der Waals surface area (Å²) in [5.41, 5.74) is 0.854. The van der Waals surface area contributed by atoms with Crippen molar-refractivity contribution in [1.82, 2.24) is 5.32 Å². The largest absolute Gasteiger partial charge is 0.467 e. The molecule has 19 heavy (non-hydrogen) atoms. The summed E-state index contributed by atoms with van der Waals surface area (Å²) >= 11 is 0. The fourth-order valence-corrected chi connectivity index (χ4v) is 1.26. The highest BCUT2D eigenvalue weighted by molar-refractivity contribution is 5.12. The van der Waals surface area contributed by atoms with E-state index >= 15 is 0 Å². The van der Waals surface area contributed by atoms with Crippen LogP contribution in [0.2, 0.25) is 0 Å². The second kappa shape index (κ2) is 5.96. The van der Waals surface area contributed by atoms with E-state index in [1.807, 2.05) is 20.8 Å². The molecule has 0 saturated carbocycles. The molecule has 110 valence electrons. The van der Waals surface area contributed by atoms with Gasteiger partial charge in [-0.05, 0) is 33.8 Å². The maximum atomic E-state index is 12.2. The first-order chi connectivity index (χ1) is 8.58. The zero-order valence-corrected chi connectivity index (χ0v) is 11.6. The smallest absolute Gasteiger partial charge is 0.414 e. The van der Waals surface area contributed by atoms with Gasteiger partial charge < -0.3 is 14.5 Å². The van der Waals surface area contributed by atoms with Gasteiger partial charge in [-0.15, -0.1) is 0 Å². The van der Waals surface area contributed by atoms with Gasteiger partial charge in [0.2, 0.25) is 0 Å². The van der Waals surface area contributed by atoms with Crippen LogP contribution >= 0.6 is 0 Å². The summed E-state index contributed by atoms with van der Waals surface area (Å²) < 4.78 is 46.6. The standard InChI is InChI=1S/C13H20F3NO2/c1-9(13(14,15)16)18-8-11-5-10(7-19-11)6-17-12(2,3)4/h5,7,9,17H,6,8H2,1-4H3. The molecule has 0 saturated heterocycles. The van der Waals surface area contributed by atoms with Gasteiger partial charge in [0.25, 0.3) is 0 Å². The van der Waals surface area contributed by atoms with Gasteiger partial charge in [-0.25, -0.2) is 0 Å². The second-order valence-electron chi connectivity index (χ2n) is 5.52. The van der Waals surface area contributed by atoms with Crippen LogP contribution in [-0.4, -0.2) is 17.8 Å². The van der Waals surface area contributed by atoms with Gasteiger partial charge in [-0.2, -0.15) is 13.2 Å². The molecule has 0 aliphatic rings. The molecule has 0 amide bonds. The number of alkyl halides is 3. The summed E-state index contributed by atoms with van der Waals surface area (Å²) in [6.45, 7) is 7.48. The molecule has 0 spiro atoms. The Morgan fingerprint density at radius 3 is 2.47 bits per heavy atom. The van der Waals surface area contributed by atoms with Crippen LogP contribution in [0.4, 0.5) is 13.2 Å². The highest BCUT2D eigenvalue weighted by atomic mass is 19.4. The van der Waals surface area contributed by atoms with Crippen LogP contribution in [0.15, 0.2) is 16.7 Å². The Bertz CT molecular complexity index is 393. The number of furan rings is 1. The van der Waals surface area contributed by atoms with Crippen LogP contribution in [0, 0.1) is 0 Å². The summed E-state index contributed by atoms with van der Waals surface area (Å²) in [7, 11) is 0. The van der Waals surface area contributed by atoms with Gasteiger partial charge in [0.05, 0.1) is 6.26 Å². The number of halogens is 3. The SMILES string of the molecule is CC(OCc1cc(CNC(C)(C)C)co1)C(F)(F)F. The first-order valence-corrected chi connectivity index (χ1v) is 6.07. The van der Waals surface area contributed by atoms with Crippen molar-refractivity contribution in [3.05, 3.63) is 23.7 Å². The van der Waals surface area contributed by atoms with E-state index in [1.54, 1.807) is 6.07 Å². The summed E-state index contributed by atoms with van der Waals surface area (Å²) in [6.07, 6.45) is -4.62. The highest BCUT2D eigenvalue weighted by Crippen LogP contribution is 2.23. The number of rotatable bonds is 5. The Hall–Kier alpha value is -1.01. The van der Waals surface area contributed by atoms with Crippen LogP contribution in [0.25, 0.3) is 0 Å². The number of hydrogen-bond acceptors (Lipinski definition) is 3. The number of ether oxygens (including phenoxy) is 1. The van der Waals surface area contributed by atoms with Gasteiger partial charge >= 0.3 is 6.18 Å². The normalized spacial score (nSPS) is 14.7. The Labute approximate surface area is 111 Å². The minimum absolute atomic E-state index is 0.0290. The predicted octanol–water partition coefficient (Wildman–Crippen LogP) is 3.64. The van der Waals surface area contributed by atoms with Crippen molar-refractivity contribution >= 4 is 0 Å². The molecular formula is C13H20F3NO2. The molecule has 1 heterocycles. The highest BCUT2D eigenvalue weighted by Gasteiger charge is 2.37. The minimum atomic E-state index is -4.34. The first-order valence-electron chi connectivity index (χ1n) is 6.07. The fraction of sp³-hybridized carbons (Fsp3) is 0.692. The van der Waals surface area contributed by atoms with Crippen molar-refractivity contribution in [2.24, 2.45) is 0 Å². The van der Waals surface area contributed by atoms with E-state index in [9.17, 15) is 13.2 Å². The maximum Gasteiger partial charge on any atom is 0.414 e. The maximum absolute atomic E-state index is 12.2. The Balaban J connectivity index is 2.43. The topological polar surface area (TPSA) is 34.4 Å². The molecule has 0 fully saturated rings. The summed E-state index contributed by atoms with van der Waals surface area (Å²) in [5, 5.41) is 3.26. The molecule has 0 aromatic carbocycles. The van der Waals surface area contributed by atoms with E-state index in [1.165, 1.54) is 6.26 Å². The number of nitrogens with one attached hydrogen (secondary N) is 1. The average Bonchev–Trinajstić information content (AvgIpc) is 2.68. The molecule has 0 aliphatic carbocycles. The van der Waals surface area contributed by atoms with Gasteiger partial charge in [0.15, 0.2) is 6.10 Å². The van der Waals surface area contributed by atoms with Gasteiger partial charge in [-0.3, -0.25) is 0 Å². The fourth-order valence-electron chi connectivity index (χ4n) is 1.26. The van der Waals surface area contributed by atoms with Crippen molar-refractivity contribution in [3.63, 3.8) is 0 Å². The molecular weight excluding hydrogens is 259 g/mol. The Kier molecular flexibility index (Phi) is 5.04. The van der Waals surface area contributed by atoms with Crippen molar-refractivity contribution < 1.29 is 22.3 Å². The molecule has 0 radical (unpaired) electrons. The first kappa shape index (κ1) is 16.0. The lowest BCUT2D eigenvalue weighted by Crippen LogP contribution is -2.34. The summed E-state index contributed by atoms with van der Waals surface area (Å²) in [6, 6.07) is 1.70. The molecule has 0 aliphatic heterocycles. The molecule has 1 N–H and O–H groups in total. The van der Waals surface area contributed by atoms with Crippen LogP contribution < -0.4 is 5.32 Å². The molecule has 3 nitrogen and oxygen atoms in total. The molecule has 1 rings (SSSR count). The van der Waals surface area contributed by atoms with Crippen LogP contribution in [0.1, 0.15) is 39.0 Å². The van der Waals surface area contributed by atoms with E-state index in [-0.39, 0.29) is 12.1 Å². The number of hydrogen-bond donors (Lipinski definition) is 1. The molecule has 1 atom stereocenters. The lowest BCUT2D eigenvalue weighted by Gasteiger charge is -2.19. The van der Waals surface area contributed by atoms with Gasteiger partial charge in [0.1, 0.15) is 12.4 Å². The predicted molar refractivity (Wildman–Crippen MR) is 65.6 cm³/mol. The average molecular weight is 279 g/mol. The second-order valence-corrected chi connectivity index (χ2v) is 5.52. The van der Waals surface area contributed by atoms with E-state index in [0.717, 1.165) is 12.5 Å². The van der Waals surface area contributed by atoms with Crippen LogP contribution in [-0.2, 0) is 17.9 Å². The molecule has 1 aromatic heterocycles. The minimum Gasteiger partial charge on any atom is -0.467 e. The van der Waals surface area contributed by atoms with E-state index in [2.05, 4.69) is 5.32 Å². The zero-order valence-electron chi connectivity index (χ0n) is 11.6. The Morgan fingerprint density at radius 1 is 1.32 bits per heavy atom. The van der Waals surface area contributed by atoms with Crippen molar-refractivity contribution in [3.8, 4) is 0 Å². The lowest BCUT2D eigenvalue weighted by molar-refractivity contribution is -0.218. The third kappa shape index (κ3) is 6.11. The van der Waals surface area contributed by atoms with Crippen molar-refractivity contribution in [2.75, 3.05) is 0 Å². The zero-order chi connectivity index (χ0) is 14.7. The van der Waals surface area contributed by atoms with E-state index in [0.29, 0.717) is 12.3 Å². The summed E-state index contributed by atoms with van der Waals surface area (Å²) in [4.78, 5) is 0. The quantitative estimate of drug-likeness (QED) is 0.893. The third-order valence-corrected chi connectivity index (χ3v) is 2.47. The van der Waals surface area contributed by atoms with Crippen LogP contribution in [0.3, 0.4) is 0 Å². The van der Waals surface area contributed by atoms with Gasteiger partial charge in [0, 0.05) is 17.6 Å². The molecule has 0 bridgehead atoms. The molecule has 1 aromatic rings. The van der Waals surface area contributed by atoms with Crippen LogP contribution in [0.5, 0.6) is 0 Å². The summed E-state index contributed by atoms with van der Waals surface area (Å²) in [5.74, 6) is 0.391. The lowest BCUT2D eigenvalue weighted by atomic mass is 10.1. The molecule has 6 heteroatoms. The monoisotopic (exact) mass is 279 g/mol. The van der Waals surface area contributed by atoms with Crippen molar-refractivity contribution in [1.29, 1.82) is 0 Å². The third-order valence-electron chi connectivity index (χ3n) is 2.47. The van der Waals surface area contributed by atoms with E-state index in [4.69, 9.17) is 9.15 Å². The van der Waals surface area contributed by atoms with Crippen molar-refractivity contribution in [2.45, 2.75) is 58.7 Å². The Morgan fingerprint density at radius 2 is 1.95 bits per heavy atom. The van der Waals surface area contributed by atoms with Gasteiger partial charge in [-0.1, -0.05) is 0 Å². The van der Waals surface area contributed by atoms with E-state index < -0.39 is 12.3 Å².